The number of amidine groups is 1. The molecule has 0 heterocycles. The number of nitrogens with two attached hydrogens (primary N) is 1. The summed E-state index contributed by atoms with van der Waals surface area (Å²) in [5.74, 6) is 7.04. The molecule has 0 amide bonds. The van der Waals surface area contributed by atoms with Crippen LogP contribution in [0.15, 0.2) is 35.5 Å². The van der Waals surface area contributed by atoms with Gasteiger partial charge in [-0.05, 0) is 30.9 Å². The summed E-state index contributed by atoms with van der Waals surface area (Å²) in [6.07, 6.45) is 2.12. The molecule has 0 saturated heterocycles. The van der Waals surface area contributed by atoms with Crippen LogP contribution >= 0.6 is 0 Å². The number of ether oxygens (including phenoxy) is 1. The molecule has 2 rings (SSSR count). The third kappa shape index (κ3) is 3.62. The van der Waals surface area contributed by atoms with Gasteiger partial charge in [-0.3, -0.25) is 4.99 Å². The third-order valence-corrected chi connectivity index (χ3v) is 3.73. The maximum absolute atomic E-state index is 5.55. The van der Waals surface area contributed by atoms with Crippen LogP contribution in [0.4, 0.5) is 0 Å². The number of allylic oxidation sites excluding steroid dienone is 1. The summed E-state index contributed by atoms with van der Waals surface area (Å²) >= 11 is 0. The van der Waals surface area contributed by atoms with E-state index in [0.717, 1.165) is 36.5 Å². The Morgan fingerprint density at radius 2 is 2.33 bits per heavy atom. The lowest BCUT2D eigenvalue weighted by molar-refractivity contribution is 0.212. The number of aliphatic imine (C=N–C) groups is 1. The van der Waals surface area contributed by atoms with Gasteiger partial charge in [-0.2, -0.15) is 0 Å². The van der Waals surface area contributed by atoms with Crippen LogP contribution in [0, 0.1) is 0 Å². The smallest absolute Gasteiger partial charge is 0.142 e. The normalized spacial score (nSPS) is 17.5. The van der Waals surface area contributed by atoms with Gasteiger partial charge in [-0.15, -0.1) is 0 Å². The van der Waals surface area contributed by atoms with E-state index >= 15 is 0 Å². The molecular weight excluding hydrogens is 264 g/mol. The van der Waals surface area contributed by atoms with Crippen molar-refractivity contribution in [3.63, 3.8) is 0 Å². The number of hydrazine groups is 1. The summed E-state index contributed by atoms with van der Waals surface area (Å²) in [5, 5.41) is 3.54. The highest BCUT2D eigenvalue weighted by Gasteiger charge is 2.25. The molecule has 1 aromatic carbocycles. The Hall–Kier alpha value is -1.85. The van der Waals surface area contributed by atoms with E-state index in [-0.39, 0.29) is 0 Å². The Morgan fingerprint density at radius 1 is 1.52 bits per heavy atom. The van der Waals surface area contributed by atoms with Crippen LogP contribution in [-0.2, 0) is 11.2 Å². The molecule has 0 aliphatic heterocycles. The molecule has 0 fully saturated rings. The number of hydrogen-bond donors (Lipinski definition) is 3. The molecule has 0 spiro atoms. The first-order chi connectivity index (χ1) is 10.2. The Morgan fingerprint density at radius 3 is 3.00 bits per heavy atom. The molecule has 5 heteroatoms. The zero-order valence-corrected chi connectivity index (χ0v) is 12.8. The summed E-state index contributed by atoms with van der Waals surface area (Å²) < 4.78 is 5.38. The van der Waals surface area contributed by atoms with Crippen LogP contribution in [-0.4, -0.2) is 26.0 Å². The summed E-state index contributed by atoms with van der Waals surface area (Å²) in [6, 6.07) is 6.66. The summed E-state index contributed by atoms with van der Waals surface area (Å²) in [4.78, 5) is 4.20. The van der Waals surface area contributed by atoms with Crippen LogP contribution in [0.1, 0.15) is 36.1 Å². The lowest BCUT2D eigenvalue weighted by atomic mass is 10.0. The fourth-order valence-electron chi connectivity index (χ4n) is 2.81. The largest absolute Gasteiger partial charge is 0.498 e. The predicted molar refractivity (Wildman–Crippen MR) is 86.1 cm³/mol. The van der Waals surface area contributed by atoms with Crippen LogP contribution in [0.3, 0.4) is 0 Å². The van der Waals surface area contributed by atoms with Gasteiger partial charge in [0.1, 0.15) is 12.4 Å². The molecule has 0 bridgehead atoms. The average Bonchev–Trinajstić information content (AvgIpc) is 2.89. The molecule has 0 saturated carbocycles. The van der Waals surface area contributed by atoms with E-state index in [4.69, 9.17) is 10.6 Å². The highest BCUT2D eigenvalue weighted by atomic mass is 16.5. The quantitative estimate of drug-likeness (QED) is 0.186. The van der Waals surface area contributed by atoms with Crippen molar-refractivity contribution in [2.24, 2.45) is 10.8 Å². The summed E-state index contributed by atoms with van der Waals surface area (Å²) in [7, 11) is 1.74. The van der Waals surface area contributed by atoms with Crippen LogP contribution < -0.4 is 16.6 Å². The molecule has 114 valence electrons. The molecule has 1 atom stereocenters. The topological polar surface area (TPSA) is 71.7 Å². The minimum Gasteiger partial charge on any atom is -0.498 e. The van der Waals surface area contributed by atoms with Crippen molar-refractivity contribution in [2.75, 3.05) is 20.2 Å². The average molecular weight is 288 g/mol. The fourth-order valence-corrected chi connectivity index (χ4v) is 2.81. The van der Waals surface area contributed by atoms with Crippen LogP contribution in [0.2, 0.25) is 0 Å². The van der Waals surface area contributed by atoms with E-state index in [9.17, 15) is 0 Å². The molecule has 0 aromatic heterocycles. The van der Waals surface area contributed by atoms with E-state index in [1.807, 2.05) is 6.92 Å². The van der Waals surface area contributed by atoms with Crippen molar-refractivity contribution < 1.29 is 4.74 Å². The van der Waals surface area contributed by atoms with Gasteiger partial charge in [0.25, 0.3) is 0 Å². The summed E-state index contributed by atoms with van der Waals surface area (Å²) in [5.41, 5.74) is 6.44. The van der Waals surface area contributed by atoms with Crippen molar-refractivity contribution >= 4 is 5.84 Å². The molecule has 4 N–H and O–H groups in total. The van der Waals surface area contributed by atoms with Crippen LogP contribution in [0.25, 0.3) is 0 Å². The Bertz CT molecular complexity index is 539. The van der Waals surface area contributed by atoms with Crippen molar-refractivity contribution in [1.82, 2.24) is 10.7 Å². The Kier molecular flexibility index (Phi) is 5.36. The van der Waals surface area contributed by atoms with Gasteiger partial charge in [0, 0.05) is 25.2 Å². The van der Waals surface area contributed by atoms with Gasteiger partial charge < -0.3 is 15.5 Å². The zero-order chi connectivity index (χ0) is 15.2. The van der Waals surface area contributed by atoms with Gasteiger partial charge >= 0.3 is 0 Å². The maximum atomic E-state index is 5.55. The van der Waals surface area contributed by atoms with Crippen molar-refractivity contribution in [2.45, 2.75) is 25.8 Å². The number of rotatable bonds is 6. The zero-order valence-electron chi connectivity index (χ0n) is 12.8. The molecule has 1 aromatic rings. The minimum absolute atomic E-state index is 0.365. The van der Waals surface area contributed by atoms with Gasteiger partial charge in [0.2, 0.25) is 0 Å². The van der Waals surface area contributed by atoms with Gasteiger partial charge in [-0.1, -0.05) is 24.8 Å². The first kappa shape index (κ1) is 15.5. The van der Waals surface area contributed by atoms with E-state index in [2.05, 4.69) is 40.5 Å². The first-order valence-corrected chi connectivity index (χ1v) is 7.24. The van der Waals surface area contributed by atoms with Crippen LogP contribution in [0.5, 0.6) is 0 Å². The SMILES string of the molecule is C=C(C)OCCN[C@H]1CCc2c(C(=NC)NN)cccc21. The van der Waals surface area contributed by atoms with E-state index in [1.54, 1.807) is 7.05 Å². The first-order valence-electron chi connectivity index (χ1n) is 7.24. The second kappa shape index (κ2) is 7.24. The van der Waals surface area contributed by atoms with E-state index in [0.29, 0.717) is 12.6 Å². The monoisotopic (exact) mass is 288 g/mol. The fraction of sp³-hybridized carbons (Fsp3) is 0.438. The molecule has 1 aliphatic rings. The lowest BCUT2D eigenvalue weighted by Crippen LogP contribution is -2.31. The number of hydrogen-bond acceptors (Lipinski definition) is 4. The van der Waals surface area contributed by atoms with Gasteiger partial charge in [0.15, 0.2) is 0 Å². The van der Waals surface area contributed by atoms with E-state index < -0.39 is 0 Å². The molecule has 0 radical (unpaired) electrons. The molecule has 1 aliphatic carbocycles. The molecule has 21 heavy (non-hydrogen) atoms. The molecule has 0 unspecified atom stereocenters. The third-order valence-electron chi connectivity index (χ3n) is 3.73. The standard InChI is InChI=1S/C16H24N4O/c1-11(2)21-10-9-19-15-8-7-12-13(15)5-4-6-14(12)16(18-3)20-17/h4-6,15,19H,1,7-10,17H2,2-3H3,(H,18,20)/t15-/m0/s1. The second-order valence-electron chi connectivity index (χ2n) is 5.19. The highest BCUT2D eigenvalue weighted by molar-refractivity contribution is 6.00. The summed E-state index contributed by atoms with van der Waals surface area (Å²) in [6.45, 7) is 7.05. The number of nitrogens with one attached hydrogen (secondary N) is 2. The highest BCUT2D eigenvalue weighted by Crippen LogP contribution is 2.33. The van der Waals surface area contributed by atoms with Crippen molar-refractivity contribution in [1.29, 1.82) is 0 Å². The number of fused-ring (bicyclic) bond motifs is 1. The Labute approximate surface area is 126 Å². The molecule has 5 nitrogen and oxygen atoms in total. The Balaban J connectivity index is 2.07. The second-order valence-corrected chi connectivity index (χ2v) is 5.19. The van der Waals surface area contributed by atoms with Gasteiger partial charge in [-0.25, -0.2) is 5.84 Å². The molecular formula is C16H24N4O. The maximum Gasteiger partial charge on any atom is 0.142 e. The van der Waals surface area contributed by atoms with E-state index in [1.165, 1.54) is 11.1 Å². The number of nitrogens with zero attached hydrogens (tertiary/aromatic N) is 1. The minimum atomic E-state index is 0.365. The van der Waals surface area contributed by atoms with Crippen molar-refractivity contribution in [3.05, 3.63) is 47.2 Å². The van der Waals surface area contributed by atoms with Gasteiger partial charge in [0.05, 0.1) is 5.76 Å². The number of benzene rings is 1. The lowest BCUT2D eigenvalue weighted by Gasteiger charge is -2.16. The van der Waals surface area contributed by atoms with Crippen molar-refractivity contribution in [3.8, 4) is 0 Å². The predicted octanol–water partition coefficient (Wildman–Crippen LogP) is 1.65.